The molecule has 0 radical (unpaired) electrons. The van der Waals surface area contributed by atoms with Crippen LogP contribution in [0, 0.1) is 11.3 Å². The highest BCUT2D eigenvalue weighted by Crippen LogP contribution is 2.32. The van der Waals surface area contributed by atoms with Gasteiger partial charge in [-0.05, 0) is 75.4 Å². The van der Waals surface area contributed by atoms with E-state index in [4.69, 9.17) is 4.98 Å². The van der Waals surface area contributed by atoms with Gasteiger partial charge in [0.1, 0.15) is 11.1 Å². The van der Waals surface area contributed by atoms with E-state index in [9.17, 15) is 10.1 Å². The number of anilines is 1. The zero-order chi connectivity index (χ0) is 24.4. The van der Waals surface area contributed by atoms with Gasteiger partial charge in [-0.3, -0.25) is 4.79 Å². The normalized spacial score (nSPS) is 14.7. The number of pyridine rings is 1. The second-order valence-electron chi connectivity index (χ2n) is 9.22. The number of rotatable bonds is 5. The van der Waals surface area contributed by atoms with Crippen LogP contribution in [0.3, 0.4) is 0 Å². The van der Waals surface area contributed by atoms with Gasteiger partial charge < -0.3 is 9.88 Å². The van der Waals surface area contributed by atoms with Crippen molar-refractivity contribution in [1.29, 1.82) is 5.26 Å². The summed E-state index contributed by atoms with van der Waals surface area (Å²) in [5, 5.41) is 15.4. The first kappa shape index (κ1) is 23.4. The first-order valence-corrected chi connectivity index (χ1v) is 13.4. The summed E-state index contributed by atoms with van der Waals surface area (Å²) in [5.41, 5.74) is 6.01. The van der Waals surface area contributed by atoms with Gasteiger partial charge in [-0.15, -0.1) is 0 Å². The highest BCUT2D eigenvalue weighted by Gasteiger charge is 2.21. The topological polar surface area (TPSA) is 70.7 Å². The van der Waals surface area contributed by atoms with Crippen molar-refractivity contribution in [1.82, 2.24) is 9.55 Å². The molecule has 2 aromatic heterocycles. The lowest BCUT2D eigenvalue weighted by molar-refractivity contribution is -0.115. The quantitative estimate of drug-likeness (QED) is 0.316. The van der Waals surface area contributed by atoms with E-state index in [2.05, 4.69) is 53.2 Å². The Morgan fingerprint density at radius 1 is 1.09 bits per heavy atom. The van der Waals surface area contributed by atoms with Crippen LogP contribution in [-0.4, -0.2) is 20.7 Å². The van der Waals surface area contributed by atoms with E-state index in [1.807, 2.05) is 25.1 Å². The third-order valence-electron chi connectivity index (χ3n) is 6.90. The molecule has 0 fully saturated rings. The summed E-state index contributed by atoms with van der Waals surface area (Å²) in [6.07, 6.45) is 6.66. The van der Waals surface area contributed by atoms with Gasteiger partial charge in [0.2, 0.25) is 5.91 Å². The molecule has 0 bridgehead atoms. The van der Waals surface area contributed by atoms with Gasteiger partial charge in [0.15, 0.2) is 0 Å². The molecule has 35 heavy (non-hydrogen) atoms. The summed E-state index contributed by atoms with van der Waals surface area (Å²) in [6, 6.07) is 18.8. The molecule has 1 atom stereocenters. The average molecular weight is 483 g/mol. The van der Waals surface area contributed by atoms with Crippen LogP contribution in [0.25, 0.3) is 21.8 Å². The second kappa shape index (κ2) is 10.1. The van der Waals surface area contributed by atoms with E-state index in [0.717, 1.165) is 54.5 Å². The fourth-order valence-electron chi connectivity index (χ4n) is 5.08. The molecule has 5 rings (SSSR count). The van der Waals surface area contributed by atoms with Crippen molar-refractivity contribution in [3.8, 4) is 6.07 Å². The van der Waals surface area contributed by atoms with Gasteiger partial charge in [0, 0.05) is 39.7 Å². The number of carbonyl (C=O) groups excluding carboxylic acids is 1. The minimum atomic E-state index is -0.381. The van der Waals surface area contributed by atoms with E-state index < -0.39 is 0 Å². The maximum atomic E-state index is 13.1. The molecule has 0 saturated heterocycles. The van der Waals surface area contributed by atoms with Gasteiger partial charge in [0.05, 0.1) is 10.8 Å². The molecular weight excluding hydrogens is 452 g/mol. The Balaban J connectivity index is 1.37. The van der Waals surface area contributed by atoms with Crippen molar-refractivity contribution in [2.75, 3.05) is 5.32 Å². The largest absolute Gasteiger partial charge is 0.341 e. The molecule has 1 unspecified atom stereocenters. The molecule has 4 aromatic rings. The van der Waals surface area contributed by atoms with Crippen LogP contribution < -0.4 is 5.32 Å². The minimum Gasteiger partial charge on any atom is -0.341 e. The summed E-state index contributed by atoms with van der Waals surface area (Å²) < 4.78 is 2.30. The number of amides is 1. The smallest absolute Gasteiger partial charge is 0.237 e. The minimum absolute atomic E-state index is 0.0917. The molecule has 0 saturated carbocycles. The fourth-order valence-corrected chi connectivity index (χ4v) is 5.97. The summed E-state index contributed by atoms with van der Waals surface area (Å²) in [5.74, 6) is -0.0917. The van der Waals surface area contributed by atoms with Gasteiger partial charge >= 0.3 is 0 Å². The molecule has 1 N–H and O–H groups in total. The Hall–Kier alpha value is -3.30. The van der Waals surface area contributed by atoms with Crippen LogP contribution in [0.4, 0.5) is 5.69 Å². The number of aryl methyl sites for hydroxylation is 3. The van der Waals surface area contributed by atoms with Crippen LogP contribution in [-0.2, 0) is 24.2 Å². The number of hydrogen-bond donors (Lipinski definition) is 1. The van der Waals surface area contributed by atoms with E-state index in [1.165, 1.54) is 41.1 Å². The summed E-state index contributed by atoms with van der Waals surface area (Å²) in [7, 11) is 0. The second-order valence-corrected chi connectivity index (χ2v) is 10.5. The van der Waals surface area contributed by atoms with Crippen molar-refractivity contribution < 1.29 is 4.79 Å². The van der Waals surface area contributed by atoms with Gasteiger partial charge in [-0.1, -0.05) is 42.8 Å². The van der Waals surface area contributed by atoms with Crippen molar-refractivity contribution in [2.24, 2.45) is 0 Å². The van der Waals surface area contributed by atoms with Gasteiger partial charge in [-0.25, -0.2) is 4.98 Å². The number of nitrogens with one attached hydrogen (secondary N) is 1. The number of nitrogens with zero attached hydrogens (tertiary/aromatic N) is 3. The maximum absolute atomic E-state index is 13.1. The molecule has 0 spiro atoms. The molecule has 5 nitrogen and oxygen atoms in total. The Morgan fingerprint density at radius 2 is 1.86 bits per heavy atom. The number of para-hydroxylation sites is 1. The monoisotopic (exact) mass is 482 g/mol. The predicted octanol–water partition coefficient (Wildman–Crippen LogP) is 6.86. The Morgan fingerprint density at radius 3 is 2.66 bits per heavy atom. The van der Waals surface area contributed by atoms with Crippen LogP contribution in [0.2, 0.25) is 0 Å². The lowest BCUT2D eigenvalue weighted by Gasteiger charge is -2.17. The standard InChI is InChI=1S/C29H30N4OS/c1-3-33-26-13-9-8-11-23(26)24-17-22(14-15-27(24)33)31-28(34)19(2)35-29-21(18-30)16-20-10-6-4-5-7-12-25(20)32-29/h8-9,11,13-17,19H,3-7,10,12H2,1-2H3,(H,31,34). The summed E-state index contributed by atoms with van der Waals surface area (Å²) in [4.78, 5) is 18.0. The molecule has 1 aliphatic rings. The SMILES string of the molecule is CCn1c2ccccc2c2cc(NC(=O)C(C)Sc3nc4c(cc3C#N)CCCCCC4)ccc21. The average Bonchev–Trinajstić information content (AvgIpc) is 3.17. The predicted molar refractivity (Wildman–Crippen MR) is 144 cm³/mol. The number of benzene rings is 2. The van der Waals surface area contributed by atoms with E-state index in [0.29, 0.717) is 10.6 Å². The molecular formula is C29H30N4OS. The van der Waals surface area contributed by atoms with E-state index >= 15 is 0 Å². The van der Waals surface area contributed by atoms with Gasteiger partial charge in [-0.2, -0.15) is 5.26 Å². The number of carbonyl (C=O) groups is 1. The van der Waals surface area contributed by atoms with Crippen LogP contribution in [0.1, 0.15) is 56.4 Å². The van der Waals surface area contributed by atoms with Crippen molar-refractivity contribution in [2.45, 2.75) is 69.2 Å². The molecule has 1 amide bonds. The molecule has 2 aromatic carbocycles. The Kier molecular flexibility index (Phi) is 6.79. The molecule has 1 aliphatic carbocycles. The Bertz CT molecular complexity index is 1450. The Labute approximate surface area is 210 Å². The van der Waals surface area contributed by atoms with Crippen LogP contribution in [0.5, 0.6) is 0 Å². The maximum Gasteiger partial charge on any atom is 0.237 e. The van der Waals surface area contributed by atoms with E-state index in [1.54, 1.807) is 0 Å². The first-order chi connectivity index (χ1) is 17.1. The van der Waals surface area contributed by atoms with Crippen LogP contribution in [0.15, 0.2) is 53.6 Å². The molecule has 6 heteroatoms. The number of hydrogen-bond acceptors (Lipinski definition) is 4. The number of aromatic nitrogens is 2. The van der Waals surface area contributed by atoms with Crippen molar-refractivity contribution >= 4 is 45.2 Å². The first-order valence-electron chi connectivity index (χ1n) is 12.5. The third-order valence-corrected chi connectivity index (χ3v) is 8.00. The number of thioether (sulfide) groups is 1. The third kappa shape index (κ3) is 4.66. The highest BCUT2D eigenvalue weighted by atomic mass is 32.2. The van der Waals surface area contributed by atoms with Gasteiger partial charge in [0.25, 0.3) is 0 Å². The van der Waals surface area contributed by atoms with E-state index in [-0.39, 0.29) is 11.2 Å². The molecule has 0 aliphatic heterocycles. The highest BCUT2D eigenvalue weighted by molar-refractivity contribution is 8.00. The number of nitriles is 1. The lowest BCUT2D eigenvalue weighted by Crippen LogP contribution is -2.22. The molecule has 2 heterocycles. The summed E-state index contributed by atoms with van der Waals surface area (Å²) in [6.45, 7) is 4.91. The fraction of sp³-hybridized carbons (Fsp3) is 0.345. The zero-order valence-corrected chi connectivity index (χ0v) is 21.1. The zero-order valence-electron chi connectivity index (χ0n) is 20.3. The summed E-state index contributed by atoms with van der Waals surface area (Å²) >= 11 is 1.37. The molecule has 178 valence electrons. The van der Waals surface area contributed by atoms with Crippen LogP contribution >= 0.6 is 11.8 Å². The number of fused-ring (bicyclic) bond motifs is 4. The van der Waals surface area contributed by atoms with Crippen molar-refractivity contribution in [3.05, 3.63) is 65.4 Å². The lowest BCUT2D eigenvalue weighted by atomic mass is 9.96. The van der Waals surface area contributed by atoms with Crippen molar-refractivity contribution in [3.63, 3.8) is 0 Å².